The van der Waals surface area contributed by atoms with Gasteiger partial charge in [-0.3, -0.25) is 14.5 Å². The summed E-state index contributed by atoms with van der Waals surface area (Å²) >= 11 is 0. The molecule has 1 fully saturated rings. The van der Waals surface area contributed by atoms with Gasteiger partial charge in [0, 0.05) is 11.3 Å². The number of hydrogen-bond acceptors (Lipinski definition) is 5. The molecule has 156 valence electrons. The number of benzene rings is 3. The van der Waals surface area contributed by atoms with E-state index in [0.717, 1.165) is 5.56 Å². The first-order valence-corrected chi connectivity index (χ1v) is 9.72. The Bertz CT molecular complexity index is 1210. The van der Waals surface area contributed by atoms with Gasteiger partial charge >= 0.3 is 0 Å². The molecular weight excluding hydrogens is 394 g/mol. The summed E-state index contributed by atoms with van der Waals surface area (Å²) in [6, 6.07) is 19.3. The second kappa shape index (κ2) is 7.99. The third-order valence-corrected chi connectivity index (χ3v) is 5.35. The van der Waals surface area contributed by atoms with Crippen LogP contribution in [0.25, 0.3) is 5.76 Å². The number of para-hydroxylation sites is 1. The van der Waals surface area contributed by atoms with Crippen molar-refractivity contribution in [2.75, 3.05) is 12.0 Å². The Morgan fingerprint density at radius 3 is 2.42 bits per heavy atom. The van der Waals surface area contributed by atoms with Crippen molar-refractivity contribution in [3.63, 3.8) is 0 Å². The van der Waals surface area contributed by atoms with Gasteiger partial charge in [-0.2, -0.15) is 0 Å². The number of rotatable bonds is 4. The number of anilines is 1. The monoisotopic (exact) mass is 415 g/mol. The number of carbonyl (C=O) groups excluding carboxylic acids is 2. The van der Waals surface area contributed by atoms with Crippen LogP contribution in [-0.2, 0) is 9.59 Å². The molecule has 1 aliphatic heterocycles. The molecule has 6 nitrogen and oxygen atoms in total. The quantitative estimate of drug-likeness (QED) is 0.376. The Kier molecular flexibility index (Phi) is 5.21. The maximum absolute atomic E-state index is 13.1. The highest BCUT2D eigenvalue weighted by atomic mass is 16.5. The molecule has 1 heterocycles. The molecule has 4 rings (SSSR count). The van der Waals surface area contributed by atoms with E-state index in [4.69, 9.17) is 4.74 Å². The highest BCUT2D eigenvalue weighted by Crippen LogP contribution is 2.43. The lowest BCUT2D eigenvalue weighted by Crippen LogP contribution is -2.30. The van der Waals surface area contributed by atoms with Gasteiger partial charge in [-0.25, -0.2) is 0 Å². The Hall–Kier alpha value is -4.06. The predicted molar refractivity (Wildman–Crippen MR) is 117 cm³/mol. The molecule has 6 heteroatoms. The number of amides is 1. The molecule has 0 aromatic heterocycles. The van der Waals surface area contributed by atoms with Gasteiger partial charge < -0.3 is 14.9 Å². The fourth-order valence-electron chi connectivity index (χ4n) is 3.85. The highest BCUT2D eigenvalue weighted by molar-refractivity contribution is 6.51. The van der Waals surface area contributed by atoms with Gasteiger partial charge in [0.1, 0.15) is 17.3 Å². The zero-order valence-corrected chi connectivity index (χ0v) is 17.1. The van der Waals surface area contributed by atoms with Gasteiger partial charge in [0.25, 0.3) is 11.7 Å². The molecule has 3 aromatic carbocycles. The summed E-state index contributed by atoms with van der Waals surface area (Å²) in [6.45, 7) is 1.84. The van der Waals surface area contributed by atoms with Crippen LogP contribution in [-0.4, -0.2) is 29.0 Å². The molecule has 1 atom stereocenters. The smallest absolute Gasteiger partial charge is 0.300 e. The normalized spacial score (nSPS) is 17.7. The summed E-state index contributed by atoms with van der Waals surface area (Å²) in [5.74, 6) is -1.34. The minimum Gasteiger partial charge on any atom is -0.508 e. The van der Waals surface area contributed by atoms with Crippen LogP contribution < -0.4 is 9.64 Å². The molecule has 0 spiro atoms. The SMILES string of the molecule is COc1cccc(/C(O)=C2/C(=O)C(=O)N(c3ccccc3C)C2c2cccc(O)c2)c1. The zero-order valence-electron chi connectivity index (χ0n) is 17.1. The standard InChI is InChI=1S/C25H21NO5/c1-15-7-3-4-12-20(15)26-22(16-8-5-10-18(27)13-16)21(24(29)25(26)30)23(28)17-9-6-11-19(14-17)31-2/h3-14,22,27-28H,1-2H3/b23-21-. The maximum atomic E-state index is 13.1. The number of methoxy groups -OCH3 is 1. The lowest BCUT2D eigenvalue weighted by Gasteiger charge is -2.26. The van der Waals surface area contributed by atoms with Crippen LogP contribution in [0.2, 0.25) is 0 Å². The van der Waals surface area contributed by atoms with Crippen molar-refractivity contribution in [3.05, 3.63) is 95.1 Å². The molecule has 1 saturated heterocycles. The number of aromatic hydroxyl groups is 1. The number of hydrogen-bond donors (Lipinski definition) is 2. The Morgan fingerprint density at radius 2 is 1.71 bits per heavy atom. The van der Waals surface area contributed by atoms with Crippen LogP contribution in [0.3, 0.4) is 0 Å². The van der Waals surface area contributed by atoms with E-state index in [1.807, 2.05) is 19.1 Å². The second-order valence-corrected chi connectivity index (χ2v) is 7.28. The Morgan fingerprint density at radius 1 is 0.968 bits per heavy atom. The van der Waals surface area contributed by atoms with Gasteiger partial charge in [-0.05, 0) is 48.4 Å². The Labute approximate surface area is 179 Å². The minimum atomic E-state index is -0.903. The molecular formula is C25H21NO5. The van der Waals surface area contributed by atoms with Gasteiger partial charge in [-0.1, -0.05) is 42.5 Å². The number of phenolic OH excluding ortho intramolecular Hbond substituents is 1. The van der Waals surface area contributed by atoms with Gasteiger partial charge in [-0.15, -0.1) is 0 Å². The first kappa shape index (κ1) is 20.2. The number of carbonyl (C=O) groups is 2. The van der Waals surface area contributed by atoms with Crippen molar-refractivity contribution < 1.29 is 24.5 Å². The van der Waals surface area contributed by atoms with Crippen LogP contribution in [0.5, 0.6) is 11.5 Å². The molecule has 1 aliphatic rings. The molecule has 2 N–H and O–H groups in total. The Balaban J connectivity index is 1.98. The number of phenols is 1. The summed E-state index contributed by atoms with van der Waals surface area (Å²) < 4.78 is 5.22. The average molecular weight is 415 g/mol. The number of ether oxygens (including phenoxy) is 1. The van der Waals surface area contributed by atoms with Crippen molar-refractivity contribution in [2.45, 2.75) is 13.0 Å². The van der Waals surface area contributed by atoms with Crippen LogP contribution in [0.15, 0.2) is 78.4 Å². The van der Waals surface area contributed by atoms with Gasteiger partial charge in [0.2, 0.25) is 0 Å². The van der Waals surface area contributed by atoms with E-state index in [-0.39, 0.29) is 17.1 Å². The van der Waals surface area contributed by atoms with Crippen molar-refractivity contribution in [1.82, 2.24) is 0 Å². The molecule has 1 unspecified atom stereocenters. The first-order valence-electron chi connectivity index (χ1n) is 9.72. The number of Topliss-reactive ketones (excluding diaryl/α,β-unsaturated/α-hetero) is 1. The lowest BCUT2D eigenvalue weighted by molar-refractivity contribution is -0.132. The fraction of sp³-hybridized carbons (Fsp3) is 0.120. The van der Waals surface area contributed by atoms with E-state index in [1.165, 1.54) is 24.1 Å². The summed E-state index contributed by atoms with van der Waals surface area (Å²) in [6.07, 6.45) is 0. The number of aryl methyl sites for hydroxylation is 1. The maximum Gasteiger partial charge on any atom is 0.300 e. The number of ketones is 1. The molecule has 0 bridgehead atoms. The second-order valence-electron chi connectivity index (χ2n) is 7.28. The predicted octanol–water partition coefficient (Wildman–Crippen LogP) is 4.34. The fourth-order valence-corrected chi connectivity index (χ4v) is 3.85. The zero-order chi connectivity index (χ0) is 22.1. The topological polar surface area (TPSA) is 87.1 Å². The third kappa shape index (κ3) is 3.53. The van der Waals surface area contributed by atoms with E-state index >= 15 is 0 Å². The third-order valence-electron chi connectivity index (χ3n) is 5.35. The number of nitrogens with zero attached hydrogens (tertiary/aromatic N) is 1. The van der Waals surface area contributed by atoms with Gasteiger partial charge in [0.15, 0.2) is 0 Å². The van der Waals surface area contributed by atoms with Crippen molar-refractivity contribution in [3.8, 4) is 11.5 Å². The van der Waals surface area contributed by atoms with Crippen molar-refractivity contribution in [1.29, 1.82) is 0 Å². The molecule has 0 saturated carbocycles. The summed E-state index contributed by atoms with van der Waals surface area (Å²) in [7, 11) is 1.50. The molecule has 0 aliphatic carbocycles. The van der Waals surface area contributed by atoms with E-state index in [9.17, 15) is 19.8 Å². The highest BCUT2D eigenvalue weighted by Gasteiger charge is 2.47. The molecule has 31 heavy (non-hydrogen) atoms. The molecule has 0 radical (unpaired) electrons. The summed E-state index contributed by atoms with van der Waals surface area (Å²) in [5.41, 5.74) is 2.17. The largest absolute Gasteiger partial charge is 0.508 e. The van der Waals surface area contributed by atoms with Crippen LogP contribution >= 0.6 is 0 Å². The summed E-state index contributed by atoms with van der Waals surface area (Å²) in [5, 5.41) is 21.2. The van der Waals surface area contributed by atoms with Crippen molar-refractivity contribution in [2.24, 2.45) is 0 Å². The van der Waals surface area contributed by atoms with Crippen LogP contribution in [0, 0.1) is 6.92 Å². The van der Waals surface area contributed by atoms with E-state index < -0.39 is 17.7 Å². The molecule has 3 aromatic rings. The number of aliphatic hydroxyl groups is 1. The average Bonchev–Trinajstić information content (AvgIpc) is 3.04. The van der Waals surface area contributed by atoms with E-state index in [0.29, 0.717) is 22.6 Å². The van der Waals surface area contributed by atoms with Gasteiger partial charge in [0.05, 0.1) is 18.7 Å². The number of aliphatic hydroxyl groups excluding tert-OH is 1. The van der Waals surface area contributed by atoms with Crippen LogP contribution in [0.4, 0.5) is 5.69 Å². The lowest BCUT2D eigenvalue weighted by atomic mass is 9.94. The summed E-state index contributed by atoms with van der Waals surface area (Å²) in [4.78, 5) is 27.6. The van der Waals surface area contributed by atoms with E-state index in [2.05, 4.69) is 0 Å². The van der Waals surface area contributed by atoms with Crippen molar-refractivity contribution >= 4 is 23.1 Å². The first-order chi connectivity index (χ1) is 14.9. The van der Waals surface area contributed by atoms with E-state index in [1.54, 1.807) is 48.5 Å². The molecule has 1 amide bonds. The minimum absolute atomic E-state index is 0.00532. The van der Waals surface area contributed by atoms with Crippen LogP contribution in [0.1, 0.15) is 22.7 Å².